The van der Waals surface area contributed by atoms with E-state index in [9.17, 15) is 15.0 Å². The third-order valence-electron chi connectivity index (χ3n) is 3.09. The zero-order valence-electron chi connectivity index (χ0n) is 9.28. The second kappa shape index (κ2) is 5.12. The molecule has 1 amide bonds. The minimum absolute atomic E-state index is 0.391. The third-order valence-corrected chi connectivity index (χ3v) is 3.09. The van der Waals surface area contributed by atoms with Gasteiger partial charge >= 0.3 is 0 Å². The summed E-state index contributed by atoms with van der Waals surface area (Å²) < 4.78 is 0. The Hall–Kier alpha value is -1.65. The summed E-state index contributed by atoms with van der Waals surface area (Å²) in [5.41, 5.74) is 1.82. The molecule has 1 aromatic rings. The van der Waals surface area contributed by atoms with Gasteiger partial charge in [0.1, 0.15) is 0 Å². The topological polar surface area (TPSA) is 69.6 Å². The molecule has 2 rings (SSSR count). The maximum absolute atomic E-state index is 10.2. The molecule has 0 radical (unpaired) electrons. The molecule has 0 saturated carbocycles. The van der Waals surface area contributed by atoms with Gasteiger partial charge in [0.2, 0.25) is 6.41 Å². The summed E-state index contributed by atoms with van der Waals surface area (Å²) in [4.78, 5) is 10.1. The Morgan fingerprint density at radius 2 is 2.06 bits per heavy atom. The molecule has 4 heteroatoms. The molecule has 90 valence electrons. The van der Waals surface area contributed by atoms with Crippen molar-refractivity contribution in [3.63, 3.8) is 0 Å². The SMILES string of the molecule is O=CNC=CC1C(O)Cc2ccccc2C1O. The smallest absolute Gasteiger partial charge is 0.211 e. The minimum atomic E-state index is -0.736. The summed E-state index contributed by atoms with van der Waals surface area (Å²) in [5.74, 6) is -0.391. The van der Waals surface area contributed by atoms with E-state index in [1.165, 1.54) is 6.20 Å². The van der Waals surface area contributed by atoms with E-state index < -0.39 is 18.1 Å². The fourth-order valence-corrected chi connectivity index (χ4v) is 2.23. The van der Waals surface area contributed by atoms with Crippen LogP contribution in [0.1, 0.15) is 17.2 Å². The van der Waals surface area contributed by atoms with Gasteiger partial charge in [0.05, 0.1) is 12.2 Å². The summed E-state index contributed by atoms with van der Waals surface area (Å²) in [6, 6.07) is 7.53. The van der Waals surface area contributed by atoms with Gasteiger partial charge in [-0.25, -0.2) is 0 Å². The molecule has 0 aliphatic heterocycles. The molecule has 17 heavy (non-hydrogen) atoms. The Balaban J connectivity index is 2.23. The van der Waals surface area contributed by atoms with Crippen molar-refractivity contribution in [1.82, 2.24) is 5.32 Å². The molecule has 3 N–H and O–H groups in total. The van der Waals surface area contributed by atoms with E-state index in [0.717, 1.165) is 11.1 Å². The van der Waals surface area contributed by atoms with Crippen LogP contribution < -0.4 is 5.32 Å². The fourth-order valence-electron chi connectivity index (χ4n) is 2.23. The highest BCUT2D eigenvalue weighted by Crippen LogP contribution is 2.35. The van der Waals surface area contributed by atoms with Gasteiger partial charge in [-0.15, -0.1) is 0 Å². The average molecular weight is 233 g/mol. The van der Waals surface area contributed by atoms with Gasteiger partial charge in [-0.3, -0.25) is 4.79 Å². The molecule has 0 bridgehead atoms. The van der Waals surface area contributed by atoms with Gasteiger partial charge in [0.15, 0.2) is 0 Å². The second-order valence-electron chi connectivity index (χ2n) is 4.14. The van der Waals surface area contributed by atoms with Crippen molar-refractivity contribution in [2.45, 2.75) is 18.6 Å². The first-order chi connectivity index (χ1) is 8.24. The van der Waals surface area contributed by atoms with E-state index in [4.69, 9.17) is 0 Å². The first kappa shape index (κ1) is 11.8. The Kier molecular flexibility index (Phi) is 3.56. The molecule has 0 heterocycles. The lowest BCUT2D eigenvalue weighted by atomic mass is 9.79. The van der Waals surface area contributed by atoms with E-state index in [1.54, 1.807) is 6.08 Å². The zero-order chi connectivity index (χ0) is 12.3. The first-order valence-corrected chi connectivity index (χ1v) is 5.54. The van der Waals surface area contributed by atoms with Gasteiger partial charge in [-0.05, 0) is 23.7 Å². The lowest BCUT2D eigenvalue weighted by molar-refractivity contribution is -0.108. The van der Waals surface area contributed by atoms with E-state index >= 15 is 0 Å². The van der Waals surface area contributed by atoms with Gasteiger partial charge in [-0.2, -0.15) is 0 Å². The molecule has 0 saturated heterocycles. The standard InChI is InChI=1S/C13H15NO3/c15-8-14-6-5-11-12(16)7-9-3-1-2-4-10(9)13(11)17/h1-6,8,11-13,16-17H,7H2,(H,14,15). The van der Waals surface area contributed by atoms with Crippen LogP contribution in [-0.2, 0) is 11.2 Å². The molecule has 1 aliphatic rings. The number of nitrogens with one attached hydrogen (secondary N) is 1. The Morgan fingerprint density at radius 1 is 1.29 bits per heavy atom. The van der Waals surface area contributed by atoms with E-state index in [-0.39, 0.29) is 0 Å². The Labute approximate surface area is 99.6 Å². The molecule has 0 fully saturated rings. The second-order valence-corrected chi connectivity index (χ2v) is 4.14. The summed E-state index contributed by atoms with van der Waals surface area (Å²) in [7, 11) is 0. The van der Waals surface area contributed by atoms with Gasteiger partial charge in [0, 0.05) is 5.92 Å². The Morgan fingerprint density at radius 3 is 2.82 bits per heavy atom. The van der Waals surface area contributed by atoms with Crippen LogP contribution in [0.25, 0.3) is 0 Å². The van der Waals surface area contributed by atoms with Crippen molar-refractivity contribution in [2.75, 3.05) is 0 Å². The molecular weight excluding hydrogens is 218 g/mol. The number of amides is 1. The van der Waals surface area contributed by atoms with Crippen LogP contribution in [0.3, 0.4) is 0 Å². The predicted molar refractivity (Wildman–Crippen MR) is 62.9 cm³/mol. The maximum atomic E-state index is 10.2. The van der Waals surface area contributed by atoms with E-state index in [0.29, 0.717) is 12.8 Å². The van der Waals surface area contributed by atoms with Gasteiger partial charge in [0.25, 0.3) is 0 Å². The molecular formula is C13H15NO3. The van der Waals surface area contributed by atoms with Crippen LogP contribution >= 0.6 is 0 Å². The molecule has 3 atom stereocenters. The van der Waals surface area contributed by atoms with E-state index in [1.807, 2.05) is 24.3 Å². The monoisotopic (exact) mass is 233 g/mol. The number of fused-ring (bicyclic) bond motifs is 1. The number of carbonyl (C=O) groups excluding carboxylic acids is 1. The average Bonchev–Trinajstić information content (AvgIpc) is 2.33. The number of benzene rings is 1. The summed E-state index contributed by atoms with van der Waals surface area (Å²) in [6.07, 6.45) is 2.76. The van der Waals surface area contributed by atoms with Crippen LogP contribution in [0.4, 0.5) is 0 Å². The highest BCUT2D eigenvalue weighted by atomic mass is 16.3. The molecule has 0 spiro atoms. The quantitative estimate of drug-likeness (QED) is 0.666. The van der Waals surface area contributed by atoms with Crippen LogP contribution in [0.2, 0.25) is 0 Å². The lowest BCUT2D eigenvalue weighted by Gasteiger charge is -2.32. The van der Waals surface area contributed by atoms with Crippen LogP contribution in [0, 0.1) is 5.92 Å². The molecule has 0 aromatic heterocycles. The number of hydrogen-bond acceptors (Lipinski definition) is 3. The summed E-state index contributed by atoms with van der Waals surface area (Å²) >= 11 is 0. The highest BCUT2D eigenvalue weighted by molar-refractivity contribution is 5.47. The number of carbonyl (C=O) groups is 1. The molecule has 3 unspecified atom stereocenters. The van der Waals surface area contributed by atoms with Crippen molar-refractivity contribution >= 4 is 6.41 Å². The Bertz CT molecular complexity index is 430. The summed E-state index contributed by atoms with van der Waals surface area (Å²) in [5, 5.41) is 22.5. The normalized spacial score (nSPS) is 27.8. The van der Waals surface area contributed by atoms with Crippen molar-refractivity contribution in [3.05, 3.63) is 47.7 Å². The third kappa shape index (κ3) is 2.38. The molecule has 1 aromatic carbocycles. The lowest BCUT2D eigenvalue weighted by Crippen LogP contribution is -2.32. The number of aliphatic hydroxyl groups is 2. The summed E-state index contributed by atoms with van der Waals surface area (Å²) in [6.45, 7) is 0. The zero-order valence-corrected chi connectivity index (χ0v) is 9.28. The number of hydrogen-bond donors (Lipinski definition) is 3. The first-order valence-electron chi connectivity index (χ1n) is 5.54. The number of aliphatic hydroxyl groups excluding tert-OH is 2. The predicted octanol–water partition coefficient (Wildman–Crippen LogP) is 0.513. The molecule has 1 aliphatic carbocycles. The number of rotatable bonds is 3. The highest BCUT2D eigenvalue weighted by Gasteiger charge is 2.32. The largest absolute Gasteiger partial charge is 0.392 e. The van der Waals surface area contributed by atoms with Crippen molar-refractivity contribution < 1.29 is 15.0 Å². The molecule has 4 nitrogen and oxygen atoms in total. The van der Waals surface area contributed by atoms with Crippen molar-refractivity contribution in [2.24, 2.45) is 5.92 Å². The van der Waals surface area contributed by atoms with Crippen LogP contribution in [0.5, 0.6) is 0 Å². The van der Waals surface area contributed by atoms with Gasteiger partial charge in [-0.1, -0.05) is 30.3 Å². The van der Waals surface area contributed by atoms with Crippen LogP contribution in [-0.4, -0.2) is 22.7 Å². The van der Waals surface area contributed by atoms with Crippen molar-refractivity contribution in [1.29, 1.82) is 0 Å². The van der Waals surface area contributed by atoms with Crippen LogP contribution in [0.15, 0.2) is 36.5 Å². The minimum Gasteiger partial charge on any atom is -0.392 e. The maximum Gasteiger partial charge on any atom is 0.211 e. The fraction of sp³-hybridized carbons (Fsp3) is 0.308. The van der Waals surface area contributed by atoms with Crippen molar-refractivity contribution in [3.8, 4) is 0 Å². The van der Waals surface area contributed by atoms with Gasteiger partial charge < -0.3 is 15.5 Å². The van der Waals surface area contributed by atoms with E-state index in [2.05, 4.69) is 5.32 Å².